The number of aryl methyl sites for hydroxylation is 1. The van der Waals surface area contributed by atoms with Gasteiger partial charge in [0, 0.05) is 31.5 Å². The third-order valence-corrected chi connectivity index (χ3v) is 3.07. The van der Waals surface area contributed by atoms with Crippen molar-refractivity contribution >= 4 is 11.9 Å². The Kier molecular flexibility index (Phi) is 3.79. The maximum atomic E-state index is 11.7. The van der Waals surface area contributed by atoms with Gasteiger partial charge in [0.15, 0.2) is 0 Å². The number of hydrogen-bond donors (Lipinski definition) is 1. The molecule has 1 aliphatic rings. The van der Waals surface area contributed by atoms with E-state index in [0.717, 1.165) is 17.9 Å². The summed E-state index contributed by atoms with van der Waals surface area (Å²) in [5.74, 6) is 0.925. The van der Waals surface area contributed by atoms with Gasteiger partial charge >= 0.3 is 0 Å². The summed E-state index contributed by atoms with van der Waals surface area (Å²) in [6.07, 6.45) is 4.65. The van der Waals surface area contributed by atoms with E-state index in [4.69, 9.17) is 0 Å². The molecule has 1 N–H and O–H groups in total. The van der Waals surface area contributed by atoms with E-state index in [1.807, 2.05) is 31.1 Å². The molecule has 1 aliphatic heterocycles. The first-order chi connectivity index (χ1) is 8.60. The second kappa shape index (κ2) is 5.33. The van der Waals surface area contributed by atoms with Crippen LogP contribution in [0.2, 0.25) is 0 Å². The van der Waals surface area contributed by atoms with Gasteiger partial charge in [-0.2, -0.15) is 0 Å². The van der Waals surface area contributed by atoms with Crippen LogP contribution in [0.25, 0.3) is 0 Å². The van der Waals surface area contributed by atoms with Gasteiger partial charge in [0.25, 0.3) is 0 Å². The number of carbonyl (C=O) groups excluding carboxylic acids is 1. The maximum Gasteiger partial charge on any atom is 0.226 e. The minimum absolute atomic E-state index is 0.0712. The van der Waals surface area contributed by atoms with Crippen molar-refractivity contribution < 1.29 is 4.79 Å². The van der Waals surface area contributed by atoms with Crippen LogP contribution in [-0.2, 0) is 11.2 Å². The SMILES string of the molecule is CCc1cnc(N2CC(C(=O)NC(C)C)C2)nc1. The van der Waals surface area contributed by atoms with Crippen molar-refractivity contribution in [3.05, 3.63) is 18.0 Å². The van der Waals surface area contributed by atoms with Crippen molar-refractivity contribution in [2.45, 2.75) is 33.2 Å². The molecule has 1 saturated heterocycles. The third-order valence-electron chi connectivity index (χ3n) is 3.07. The molecule has 2 rings (SSSR count). The molecule has 1 aromatic heterocycles. The summed E-state index contributed by atoms with van der Waals surface area (Å²) in [7, 11) is 0. The summed E-state index contributed by atoms with van der Waals surface area (Å²) in [4.78, 5) is 22.4. The van der Waals surface area contributed by atoms with Crippen LogP contribution < -0.4 is 10.2 Å². The van der Waals surface area contributed by atoms with Gasteiger partial charge < -0.3 is 10.2 Å². The Hall–Kier alpha value is -1.65. The molecule has 1 fully saturated rings. The number of carbonyl (C=O) groups is 1. The van der Waals surface area contributed by atoms with Gasteiger partial charge in [0.2, 0.25) is 11.9 Å². The Morgan fingerprint density at radius 1 is 1.44 bits per heavy atom. The molecule has 0 atom stereocenters. The molecule has 5 heteroatoms. The van der Waals surface area contributed by atoms with E-state index in [2.05, 4.69) is 22.2 Å². The van der Waals surface area contributed by atoms with E-state index in [-0.39, 0.29) is 17.9 Å². The van der Waals surface area contributed by atoms with Crippen LogP contribution >= 0.6 is 0 Å². The lowest BCUT2D eigenvalue weighted by Gasteiger charge is -2.38. The topological polar surface area (TPSA) is 58.1 Å². The van der Waals surface area contributed by atoms with Crippen LogP contribution in [0.3, 0.4) is 0 Å². The van der Waals surface area contributed by atoms with E-state index in [1.54, 1.807) is 0 Å². The number of nitrogens with zero attached hydrogens (tertiary/aromatic N) is 3. The highest BCUT2D eigenvalue weighted by Gasteiger charge is 2.34. The molecule has 5 nitrogen and oxygen atoms in total. The molecular weight excluding hydrogens is 228 g/mol. The third kappa shape index (κ3) is 2.78. The van der Waals surface area contributed by atoms with Crippen molar-refractivity contribution in [3.8, 4) is 0 Å². The fourth-order valence-corrected chi connectivity index (χ4v) is 1.90. The van der Waals surface area contributed by atoms with E-state index >= 15 is 0 Å². The van der Waals surface area contributed by atoms with Gasteiger partial charge in [-0.15, -0.1) is 0 Å². The lowest BCUT2D eigenvalue weighted by atomic mass is 9.99. The Morgan fingerprint density at radius 3 is 2.56 bits per heavy atom. The number of hydrogen-bond acceptors (Lipinski definition) is 4. The molecule has 0 aliphatic carbocycles. The van der Waals surface area contributed by atoms with E-state index in [0.29, 0.717) is 13.1 Å². The number of anilines is 1. The van der Waals surface area contributed by atoms with Crippen LogP contribution in [0.15, 0.2) is 12.4 Å². The first-order valence-corrected chi connectivity index (χ1v) is 6.46. The van der Waals surface area contributed by atoms with Crippen molar-refractivity contribution in [3.63, 3.8) is 0 Å². The van der Waals surface area contributed by atoms with Crippen molar-refractivity contribution in [1.29, 1.82) is 0 Å². The van der Waals surface area contributed by atoms with Crippen LogP contribution in [0.5, 0.6) is 0 Å². The molecule has 2 heterocycles. The average molecular weight is 248 g/mol. The monoisotopic (exact) mass is 248 g/mol. The number of rotatable bonds is 4. The van der Waals surface area contributed by atoms with Crippen LogP contribution in [-0.4, -0.2) is 35.0 Å². The summed E-state index contributed by atoms with van der Waals surface area (Å²) < 4.78 is 0. The number of aromatic nitrogens is 2. The van der Waals surface area contributed by atoms with Gasteiger partial charge in [0.05, 0.1) is 5.92 Å². The highest BCUT2D eigenvalue weighted by atomic mass is 16.2. The smallest absolute Gasteiger partial charge is 0.226 e. The average Bonchev–Trinajstić information content (AvgIpc) is 2.27. The Labute approximate surface area is 108 Å². The standard InChI is InChI=1S/C13H20N4O/c1-4-10-5-14-13(15-6-10)17-7-11(8-17)12(18)16-9(2)3/h5-6,9,11H,4,7-8H2,1-3H3,(H,16,18). The highest BCUT2D eigenvalue weighted by Crippen LogP contribution is 2.21. The van der Waals surface area contributed by atoms with Gasteiger partial charge in [-0.3, -0.25) is 4.79 Å². The zero-order valence-corrected chi connectivity index (χ0v) is 11.2. The molecule has 18 heavy (non-hydrogen) atoms. The fourth-order valence-electron chi connectivity index (χ4n) is 1.90. The van der Waals surface area contributed by atoms with E-state index in [9.17, 15) is 4.79 Å². The second-order valence-corrected chi connectivity index (χ2v) is 5.01. The molecule has 0 radical (unpaired) electrons. The van der Waals surface area contributed by atoms with Crippen LogP contribution in [0.1, 0.15) is 26.3 Å². The molecule has 0 bridgehead atoms. The second-order valence-electron chi connectivity index (χ2n) is 5.01. The van der Waals surface area contributed by atoms with Crippen molar-refractivity contribution in [2.24, 2.45) is 5.92 Å². The molecule has 0 saturated carbocycles. The Morgan fingerprint density at radius 2 is 2.06 bits per heavy atom. The minimum atomic E-state index is 0.0712. The predicted molar refractivity (Wildman–Crippen MR) is 70.4 cm³/mol. The minimum Gasteiger partial charge on any atom is -0.354 e. The Balaban J connectivity index is 1.86. The summed E-state index contributed by atoms with van der Waals surface area (Å²) in [5, 5.41) is 2.93. The summed E-state index contributed by atoms with van der Waals surface area (Å²) in [6.45, 7) is 7.45. The van der Waals surface area contributed by atoms with Gasteiger partial charge in [-0.1, -0.05) is 6.92 Å². The van der Waals surface area contributed by atoms with Crippen LogP contribution in [0, 0.1) is 5.92 Å². The van der Waals surface area contributed by atoms with Gasteiger partial charge in [-0.05, 0) is 25.8 Å². The molecule has 98 valence electrons. The maximum absolute atomic E-state index is 11.7. The molecule has 0 aromatic carbocycles. The number of nitrogens with one attached hydrogen (secondary N) is 1. The zero-order valence-electron chi connectivity index (χ0n) is 11.2. The van der Waals surface area contributed by atoms with Crippen LogP contribution in [0.4, 0.5) is 5.95 Å². The van der Waals surface area contributed by atoms with E-state index < -0.39 is 0 Å². The molecule has 0 spiro atoms. The highest BCUT2D eigenvalue weighted by molar-refractivity contribution is 5.81. The largest absolute Gasteiger partial charge is 0.354 e. The molecule has 0 unspecified atom stereocenters. The predicted octanol–water partition coefficient (Wildman–Crippen LogP) is 1.000. The Bertz CT molecular complexity index is 410. The first-order valence-electron chi connectivity index (χ1n) is 6.46. The molecule has 1 aromatic rings. The first kappa shape index (κ1) is 12.8. The quantitative estimate of drug-likeness (QED) is 0.863. The summed E-state index contributed by atoms with van der Waals surface area (Å²) in [6, 6.07) is 0.201. The summed E-state index contributed by atoms with van der Waals surface area (Å²) >= 11 is 0. The van der Waals surface area contributed by atoms with E-state index in [1.165, 1.54) is 0 Å². The lowest BCUT2D eigenvalue weighted by molar-refractivity contribution is -0.126. The lowest BCUT2D eigenvalue weighted by Crippen LogP contribution is -2.55. The normalized spacial score (nSPS) is 15.7. The van der Waals surface area contributed by atoms with Gasteiger partial charge in [-0.25, -0.2) is 9.97 Å². The van der Waals surface area contributed by atoms with Gasteiger partial charge in [0.1, 0.15) is 0 Å². The zero-order chi connectivity index (χ0) is 13.1. The fraction of sp³-hybridized carbons (Fsp3) is 0.615. The van der Waals surface area contributed by atoms with Crippen molar-refractivity contribution in [2.75, 3.05) is 18.0 Å². The molecular formula is C13H20N4O. The summed E-state index contributed by atoms with van der Waals surface area (Å²) in [5.41, 5.74) is 1.13. The molecule has 1 amide bonds. The van der Waals surface area contributed by atoms with Crippen molar-refractivity contribution in [1.82, 2.24) is 15.3 Å². The number of amides is 1.